The summed E-state index contributed by atoms with van der Waals surface area (Å²) in [5.41, 5.74) is 2.95. The van der Waals surface area contributed by atoms with Crippen LogP contribution in [0.25, 0.3) is 21.9 Å². The van der Waals surface area contributed by atoms with Crippen molar-refractivity contribution in [2.24, 2.45) is 7.05 Å². The summed E-state index contributed by atoms with van der Waals surface area (Å²) in [6.07, 6.45) is 0.790. The van der Waals surface area contributed by atoms with Gasteiger partial charge in [-0.2, -0.15) is 0 Å². The third kappa shape index (κ3) is 3.82. The first-order valence-electron chi connectivity index (χ1n) is 11.0. The summed E-state index contributed by atoms with van der Waals surface area (Å²) in [5.74, 6) is -0.0979. The van der Waals surface area contributed by atoms with E-state index in [1.54, 1.807) is 13.1 Å². The zero-order valence-corrected chi connectivity index (χ0v) is 19.3. The van der Waals surface area contributed by atoms with Gasteiger partial charge in [-0.05, 0) is 69.2 Å². The minimum atomic E-state index is -0.762. The second kappa shape index (κ2) is 8.34. The average molecular weight is 440 g/mol. The van der Waals surface area contributed by atoms with Crippen molar-refractivity contribution in [1.29, 1.82) is 0 Å². The Balaban J connectivity index is 2.12. The first-order valence-corrected chi connectivity index (χ1v) is 11.0. The number of aromatic nitrogens is 1. The number of aliphatic hydroxyl groups is 1. The molecule has 1 N–H and O–H groups in total. The molecule has 1 unspecified atom stereocenters. The van der Waals surface area contributed by atoms with E-state index in [1.807, 2.05) is 45.9 Å². The second-order valence-corrected chi connectivity index (χ2v) is 9.36. The van der Waals surface area contributed by atoms with Crippen molar-refractivity contribution >= 4 is 10.8 Å². The first kappa shape index (κ1) is 22.5. The van der Waals surface area contributed by atoms with Crippen molar-refractivity contribution < 1.29 is 19.0 Å². The summed E-state index contributed by atoms with van der Waals surface area (Å²) in [6.45, 7) is 7.85. The van der Waals surface area contributed by atoms with Gasteiger partial charge in [-0.15, -0.1) is 0 Å². The van der Waals surface area contributed by atoms with Gasteiger partial charge in [-0.25, -0.2) is 4.39 Å². The molecule has 0 amide bonds. The Morgan fingerprint density at radius 1 is 1.25 bits per heavy atom. The fourth-order valence-electron chi connectivity index (χ4n) is 4.67. The summed E-state index contributed by atoms with van der Waals surface area (Å²) >= 11 is 0. The fourth-order valence-corrected chi connectivity index (χ4v) is 4.67. The van der Waals surface area contributed by atoms with Crippen molar-refractivity contribution in [2.75, 3.05) is 13.2 Å². The molecule has 32 heavy (non-hydrogen) atoms. The van der Waals surface area contributed by atoms with E-state index in [0.717, 1.165) is 24.0 Å². The third-order valence-electron chi connectivity index (χ3n) is 6.02. The highest BCUT2D eigenvalue weighted by Gasteiger charge is 2.30. The SMILES string of the molecule is Cc1c(-c2c(C(CO)OC(C)(C)C)n(C)c(=O)c3ccccc23)cc(F)c2c1CCCO2. The highest BCUT2D eigenvalue weighted by molar-refractivity contribution is 5.98. The van der Waals surface area contributed by atoms with Crippen LogP contribution in [0.4, 0.5) is 4.39 Å². The molecule has 0 bridgehead atoms. The van der Waals surface area contributed by atoms with Crippen LogP contribution in [-0.4, -0.2) is 28.5 Å². The van der Waals surface area contributed by atoms with E-state index in [2.05, 4.69) is 0 Å². The Labute approximate surface area is 187 Å². The highest BCUT2D eigenvalue weighted by atomic mass is 19.1. The molecule has 0 spiro atoms. The minimum absolute atomic E-state index is 0.185. The van der Waals surface area contributed by atoms with Gasteiger partial charge in [0, 0.05) is 23.6 Å². The molecule has 4 rings (SSSR count). The molecule has 0 fully saturated rings. The smallest absolute Gasteiger partial charge is 0.258 e. The van der Waals surface area contributed by atoms with E-state index in [4.69, 9.17) is 9.47 Å². The molecular formula is C26H30FNO4. The molecule has 2 aromatic carbocycles. The number of pyridine rings is 1. The molecule has 1 aliphatic rings. The number of aliphatic hydroxyl groups excluding tert-OH is 1. The molecule has 3 aromatic rings. The number of rotatable bonds is 4. The summed E-state index contributed by atoms with van der Waals surface area (Å²) in [7, 11) is 1.68. The maximum Gasteiger partial charge on any atom is 0.258 e. The van der Waals surface area contributed by atoms with E-state index in [1.165, 1.54) is 10.6 Å². The van der Waals surface area contributed by atoms with E-state index < -0.39 is 17.5 Å². The van der Waals surface area contributed by atoms with Gasteiger partial charge in [0.25, 0.3) is 5.56 Å². The largest absolute Gasteiger partial charge is 0.490 e. The monoisotopic (exact) mass is 439 g/mol. The van der Waals surface area contributed by atoms with Crippen LogP contribution in [0.15, 0.2) is 35.1 Å². The van der Waals surface area contributed by atoms with Gasteiger partial charge in [-0.3, -0.25) is 4.79 Å². The van der Waals surface area contributed by atoms with Crippen LogP contribution in [0.5, 0.6) is 5.75 Å². The number of hydrogen-bond donors (Lipinski definition) is 1. The summed E-state index contributed by atoms with van der Waals surface area (Å²) in [5, 5.41) is 11.5. The topological polar surface area (TPSA) is 60.7 Å². The van der Waals surface area contributed by atoms with Crippen LogP contribution in [0, 0.1) is 12.7 Å². The lowest BCUT2D eigenvalue weighted by Gasteiger charge is -2.31. The van der Waals surface area contributed by atoms with Crippen LogP contribution >= 0.6 is 0 Å². The van der Waals surface area contributed by atoms with Crippen LogP contribution in [-0.2, 0) is 18.2 Å². The molecule has 2 heterocycles. The molecule has 5 nitrogen and oxygen atoms in total. The lowest BCUT2D eigenvalue weighted by molar-refractivity contribution is -0.0850. The fraction of sp³-hybridized carbons (Fsp3) is 0.423. The van der Waals surface area contributed by atoms with Gasteiger partial charge in [0.15, 0.2) is 11.6 Å². The molecule has 1 atom stereocenters. The predicted octanol–water partition coefficient (Wildman–Crippen LogP) is 4.83. The average Bonchev–Trinajstić information content (AvgIpc) is 2.77. The van der Waals surface area contributed by atoms with Gasteiger partial charge in [-0.1, -0.05) is 18.2 Å². The van der Waals surface area contributed by atoms with Crippen molar-refractivity contribution in [3.8, 4) is 16.9 Å². The summed E-state index contributed by atoms with van der Waals surface area (Å²) in [6, 6.07) is 8.81. The lowest BCUT2D eigenvalue weighted by atomic mass is 9.88. The number of fused-ring (bicyclic) bond motifs is 2. The zero-order chi connectivity index (χ0) is 23.2. The Bertz CT molecular complexity index is 1240. The Morgan fingerprint density at radius 3 is 2.59 bits per heavy atom. The molecule has 0 saturated carbocycles. The van der Waals surface area contributed by atoms with Gasteiger partial charge in [0.05, 0.1) is 24.5 Å². The van der Waals surface area contributed by atoms with Gasteiger partial charge in [0.1, 0.15) is 6.10 Å². The number of benzene rings is 2. The lowest BCUT2D eigenvalue weighted by Crippen LogP contribution is -2.31. The van der Waals surface area contributed by atoms with Crippen LogP contribution in [0.2, 0.25) is 0 Å². The normalized spacial score (nSPS) is 14.8. The third-order valence-corrected chi connectivity index (χ3v) is 6.02. The summed E-state index contributed by atoms with van der Waals surface area (Å²) < 4.78 is 28.5. The first-order chi connectivity index (χ1) is 15.1. The van der Waals surface area contributed by atoms with E-state index in [9.17, 15) is 9.90 Å². The molecular weight excluding hydrogens is 409 g/mol. The maximum atomic E-state index is 15.2. The Hall–Kier alpha value is -2.70. The summed E-state index contributed by atoms with van der Waals surface area (Å²) in [4.78, 5) is 13.2. The second-order valence-electron chi connectivity index (χ2n) is 9.36. The maximum absolute atomic E-state index is 15.2. The number of nitrogens with zero attached hydrogens (tertiary/aromatic N) is 1. The van der Waals surface area contributed by atoms with Crippen LogP contribution in [0.1, 0.15) is 50.1 Å². The van der Waals surface area contributed by atoms with Crippen molar-refractivity contribution in [3.05, 3.63) is 63.3 Å². The number of hydrogen-bond acceptors (Lipinski definition) is 4. The molecule has 1 aromatic heterocycles. The van der Waals surface area contributed by atoms with Crippen molar-refractivity contribution in [1.82, 2.24) is 4.57 Å². The van der Waals surface area contributed by atoms with Gasteiger partial charge < -0.3 is 19.1 Å². The van der Waals surface area contributed by atoms with Gasteiger partial charge >= 0.3 is 0 Å². The van der Waals surface area contributed by atoms with Crippen LogP contribution in [0.3, 0.4) is 0 Å². The molecule has 1 aliphatic heterocycles. The van der Waals surface area contributed by atoms with Gasteiger partial charge in [0.2, 0.25) is 0 Å². The Morgan fingerprint density at radius 2 is 1.94 bits per heavy atom. The standard InChI is InChI=1S/C26H30FNO4/c1-15-16-11-8-12-31-24(16)20(27)13-19(15)22-17-9-6-7-10-18(17)25(30)28(5)23(22)21(14-29)32-26(2,3)4/h6-7,9-10,13,21,29H,8,11-12,14H2,1-5H3. The zero-order valence-electron chi connectivity index (χ0n) is 19.3. The molecule has 170 valence electrons. The van der Waals surface area contributed by atoms with Crippen molar-refractivity contribution in [3.63, 3.8) is 0 Å². The van der Waals surface area contributed by atoms with E-state index >= 15 is 4.39 Å². The Kier molecular flexibility index (Phi) is 5.86. The number of ether oxygens (including phenoxy) is 2. The molecule has 0 saturated heterocycles. The van der Waals surface area contributed by atoms with E-state index in [-0.39, 0.29) is 12.2 Å². The van der Waals surface area contributed by atoms with Crippen LogP contribution < -0.4 is 10.3 Å². The highest BCUT2D eigenvalue weighted by Crippen LogP contribution is 2.42. The molecule has 6 heteroatoms. The molecule has 0 radical (unpaired) electrons. The van der Waals surface area contributed by atoms with E-state index in [0.29, 0.717) is 39.9 Å². The predicted molar refractivity (Wildman–Crippen MR) is 124 cm³/mol. The molecule has 0 aliphatic carbocycles. The quantitative estimate of drug-likeness (QED) is 0.633. The van der Waals surface area contributed by atoms with Crippen molar-refractivity contribution in [2.45, 2.75) is 52.2 Å². The number of halogens is 1. The minimum Gasteiger partial charge on any atom is -0.490 e.